The van der Waals surface area contributed by atoms with Crippen LogP contribution in [0.5, 0.6) is 5.75 Å². The van der Waals surface area contributed by atoms with E-state index in [4.69, 9.17) is 4.74 Å². The van der Waals surface area contributed by atoms with Gasteiger partial charge in [0, 0.05) is 15.7 Å². The van der Waals surface area contributed by atoms with Crippen LogP contribution >= 0.6 is 15.9 Å². The maximum Gasteiger partial charge on any atom is 0.124 e. The number of hydrogen-bond acceptors (Lipinski definition) is 2. The number of rotatable bonds is 4. The highest BCUT2D eigenvalue weighted by Gasteiger charge is 2.13. The van der Waals surface area contributed by atoms with Crippen molar-refractivity contribution in [3.05, 3.63) is 57.6 Å². The van der Waals surface area contributed by atoms with E-state index in [1.165, 1.54) is 16.8 Å². The maximum absolute atomic E-state index is 5.44. The number of benzene rings is 2. The molecule has 2 rings (SSSR count). The Balaban J connectivity index is 2.30. The van der Waals surface area contributed by atoms with Crippen LogP contribution in [0, 0.1) is 13.8 Å². The van der Waals surface area contributed by atoms with Gasteiger partial charge in [0.15, 0.2) is 0 Å². The van der Waals surface area contributed by atoms with Crippen LogP contribution in [0.4, 0.5) is 5.69 Å². The van der Waals surface area contributed by atoms with Crippen LogP contribution in [-0.4, -0.2) is 7.11 Å². The molecule has 1 unspecified atom stereocenters. The number of hydrogen-bond donors (Lipinski definition) is 1. The van der Waals surface area contributed by atoms with Crippen molar-refractivity contribution in [3.63, 3.8) is 0 Å². The Bertz CT molecular complexity index is 587. The van der Waals surface area contributed by atoms with Gasteiger partial charge in [-0.05, 0) is 50.1 Å². The number of anilines is 1. The third kappa shape index (κ3) is 3.15. The van der Waals surface area contributed by atoms with Crippen molar-refractivity contribution in [1.29, 1.82) is 0 Å². The number of methoxy groups -OCH3 is 1. The number of aryl methyl sites for hydroxylation is 2. The highest BCUT2D eigenvalue weighted by molar-refractivity contribution is 9.10. The molecule has 0 heterocycles. The fraction of sp³-hybridized carbons (Fsp3) is 0.294. The summed E-state index contributed by atoms with van der Waals surface area (Å²) >= 11 is 3.53. The third-order valence-corrected chi connectivity index (χ3v) is 3.92. The average molecular weight is 334 g/mol. The van der Waals surface area contributed by atoms with Crippen molar-refractivity contribution < 1.29 is 4.74 Å². The van der Waals surface area contributed by atoms with E-state index in [0.29, 0.717) is 0 Å². The number of nitrogens with one attached hydrogen (secondary N) is 1. The van der Waals surface area contributed by atoms with Gasteiger partial charge in [0.25, 0.3) is 0 Å². The standard InChI is InChI=1S/C17H20BrNO/c1-11-9-14(18)10-12(2)17(11)19-13(3)15-7-5-6-8-16(15)20-4/h5-10,13,19H,1-4H3. The summed E-state index contributed by atoms with van der Waals surface area (Å²) in [4.78, 5) is 0. The molecule has 1 atom stereocenters. The van der Waals surface area contributed by atoms with Gasteiger partial charge in [-0.2, -0.15) is 0 Å². The van der Waals surface area contributed by atoms with Crippen LogP contribution < -0.4 is 10.1 Å². The van der Waals surface area contributed by atoms with Crippen molar-refractivity contribution in [2.75, 3.05) is 12.4 Å². The van der Waals surface area contributed by atoms with Gasteiger partial charge in [0.1, 0.15) is 5.75 Å². The Morgan fingerprint density at radius 1 is 1.10 bits per heavy atom. The van der Waals surface area contributed by atoms with Gasteiger partial charge in [0.2, 0.25) is 0 Å². The summed E-state index contributed by atoms with van der Waals surface area (Å²) in [5, 5.41) is 3.60. The summed E-state index contributed by atoms with van der Waals surface area (Å²) in [7, 11) is 1.71. The zero-order chi connectivity index (χ0) is 14.7. The molecule has 0 aliphatic rings. The first-order valence-electron chi connectivity index (χ1n) is 6.69. The monoisotopic (exact) mass is 333 g/mol. The molecule has 0 bridgehead atoms. The van der Waals surface area contributed by atoms with Crippen molar-refractivity contribution >= 4 is 21.6 Å². The van der Waals surface area contributed by atoms with E-state index in [0.717, 1.165) is 15.8 Å². The summed E-state index contributed by atoms with van der Waals surface area (Å²) in [6.07, 6.45) is 0. The fourth-order valence-electron chi connectivity index (χ4n) is 2.46. The van der Waals surface area contributed by atoms with Gasteiger partial charge in [-0.3, -0.25) is 0 Å². The van der Waals surface area contributed by atoms with Gasteiger partial charge < -0.3 is 10.1 Å². The van der Waals surface area contributed by atoms with Crippen molar-refractivity contribution in [2.45, 2.75) is 26.8 Å². The van der Waals surface area contributed by atoms with Crippen LogP contribution in [0.2, 0.25) is 0 Å². The van der Waals surface area contributed by atoms with Crippen LogP contribution in [0.15, 0.2) is 40.9 Å². The van der Waals surface area contributed by atoms with Crippen LogP contribution in [0.3, 0.4) is 0 Å². The van der Waals surface area contributed by atoms with E-state index >= 15 is 0 Å². The lowest BCUT2D eigenvalue weighted by molar-refractivity contribution is 0.408. The molecule has 0 aliphatic carbocycles. The second-order valence-electron chi connectivity index (χ2n) is 5.02. The molecule has 2 aromatic carbocycles. The molecule has 0 fully saturated rings. The largest absolute Gasteiger partial charge is 0.496 e. The molecule has 0 aliphatic heterocycles. The van der Waals surface area contributed by atoms with Gasteiger partial charge in [0.05, 0.1) is 13.2 Å². The Morgan fingerprint density at radius 2 is 1.70 bits per heavy atom. The molecule has 3 heteroatoms. The van der Waals surface area contributed by atoms with E-state index in [1.807, 2.05) is 18.2 Å². The predicted molar refractivity (Wildman–Crippen MR) is 88.6 cm³/mol. The highest BCUT2D eigenvalue weighted by Crippen LogP contribution is 2.31. The van der Waals surface area contributed by atoms with Gasteiger partial charge in [-0.1, -0.05) is 34.1 Å². The van der Waals surface area contributed by atoms with Crippen molar-refractivity contribution in [2.24, 2.45) is 0 Å². The first-order valence-corrected chi connectivity index (χ1v) is 7.48. The molecule has 0 saturated carbocycles. The van der Waals surface area contributed by atoms with Gasteiger partial charge >= 0.3 is 0 Å². The molecule has 1 N–H and O–H groups in total. The molecule has 0 amide bonds. The third-order valence-electron chi connectivity index (χ3n) is 3.46. The normalized spacial score (nSPS) is 12.1. The number of halogens is 1. The van der Waals surface area contributed by atoms with E-state index in [2.05, 4.69) is 60.2 Å². The molecular weight excluding hydrogens is 314 g/mol. The summed E-state index contributed by atoms with van der Waals surface area (Å²) in [5.41, 5.74) is 4.82. The lowest BCUT2D eigenvalue weighted by Crippen LogP contribution is -2.10. The molecule has 106 valence electrons. The number of para-hydroxylation sites is 1. The second kappa shape index (κ2) is 6.31. The molecule has 0 spiro atoms. The predicted octanol–water partition coefficient (Wildman–Crippen LogP) is 5.25. The minimum Gasteiger partial charge on any atom is -0.496 e. The van der Waals surface area contributed by atoms with Crippen molar-refractivity contribution in [3.8, 4) is 5.75 Å². The summed E-state index contributed by atoms with van der Waals surface area (Å²) in [5.74, 6) is 0.917. The SMILES string of the molecule is COc1ccccc1C(C)Nc1c(C)cc(Br)cc1C. The fourth-order valence-corrected chi connectivity index (χ4v) is 3.14. The van der Waals surface area contributed by atoms with E-state index < -0.39 is 0 Å². The minimum absolute atomic E-state index is 0.185. The van der Waals surface area contributed by atoms with E-state index in [1.54, 1.807) is 7.11 Å². The second-order valence-corrected chi connectivity index (χ2v) is 5.94. The Hall–Kier alpha value is -1.48. The quantitative estimate of drug-likeness (QED) is 0.825. The smallest absolute Gasteiger partial charge is 0.124 e. The van der Waals surface area contributed by atoms with E-state index in [-0.39, 0.29) is 6.04 Å². The summed E-state index contributed by atoms with van der Waals surface area (Å²) in [6, 6.07) is 12.6. The molecule has 0 radical (unpaired) electrons. The first kappa shape index (κ1) is 14.9. The molecular formula is C17H20BrNO. The highest BCUT2D eigenvalue weighted by atomic mass is 79.9. The topological polar surface area (TPSA) is 21.3 Å². The van der Waals surface area contributed by atoms with Crippen LogP contribution in [-0.2, 0) is 0 Å². The molecule has 0 saturated heterocycles. The molecule has 2 aromatic rings. The minimum atomic E-state index is 0.185. The maximum atomic E-state index is 5.44. The van der Waals surface area contributed by atoms with Gasteiger partial charge in [-0.25, -0.2) is 0 Å². The lowest BCUT2D eigenvalue weighted by atomic mass is 10.0. The molecule has 2 nitrogen and oxygen atoms in total. The van der Waals surface area contributed by atoms with E-state index in [9.17, 15) is 0 Å². The number of ether oxygens (including phenoxy) is 1. The average Bonchev–Trinajstić information content (AvgIpc) is 2.42. The summed E-state index contributed by atoms with van der Waals surface area (Å²) < 4.78 is 6.55. The zero-order valence-electron chi connectivity index (χ0n) is 12.3. The van der Waals surface area contributed by atoms with Crippen LogP contribution in [0.25, 0.3) is 0 Å². The Labute approximate surface area is 129 Å². The molecule has 0 aromatic heterocycles. The van der Waals surface area contributed by atoms with Gasteiger partial charge in [-0.15, -0.1) is 0 Å². The lowest BCUT2D eigenvalue weighted by Gasteiger charge is -2.21. The Morgan fingerprint density at radius 3 is 2.30 bits per heavy atom. The summed E-state index contributed by atoms with van der Waals surface area (Å²) in [6.45, 7) is 6.39. The molecule has 20 heavy (non-hydrogen) atoms. The van der Waals surface area contributed by atoms with Crippen LogP contribution in [0.1, 0.15) is 29.7 Å². The zero-order valence-corrected chi connectivity index (χ0v) is 13.9. The van der Waals surface area contributed by atoms with Crippen molar-refractivity contribution in [1.82, 2.24) is 0 Å². The Kier molecular flexibility index (Phi) is 4.71. The first-order chi connectivity index (χ1) is 9.52.